The molecule has 1 unspecified atom stereocenters. The predicted octanol–water partition coefficient (Wildman–Crippen LogP) is 4.17. The van der Waals surface area contributed by atoms with Crippen LogP contribution >= 0.6 is 15.9 Å². The standard InChI is InChI=1S/C17H18BrNO2/c18-13-4-1-3-12(11-13)7-8-17(20)19-15-5-2-6-16-14(15)9-10-21-16/h1,3-4,9-11,15H,2,5-8H2,(H,19,20). The van der Waals surface area contributed by atoms with Gasteiger partial charge in [0.2, 0.25) is 5.91 Å². The van der Waals surface area contributed by atoms with Gasteiger partial charge in [0.1, 0.15) is 5.76 Å². The highest BCUT2D eigenvalue weighted by Crippen LogP contribution is 2.30. The van der Waals surface area contributed by atoms with Crippen LogP contribution in [0.15, 0.2) is 45.5 Å². The predicted molar refractivity (Wildman–Crippen MR) is 85.0 cm³/mol. The number of rotatable bonds is 4. The lowest BCUT2D eigenvalue weighted by atomic mass is 9.93. The third kappa shape index (κ3) is 3.56. The molecule has 1 aliphatic rings. The Kier molecular flexibility index (Phi) is 4.44. The van der Waals surface area contributed by atoms with Gasteiger partial charge in [-0.1, -0.05) is 28.1 Å². The van der Waals surface area contributed by atoms with Crippen molar-refractivity contribution in [2.24, 2.45) is 0 Å². The molecule has 1 atom stereocenters. The molecule has 1 N–H and O–H groups in total. The number of benzene rings is 1. The second-order valence-electron chi connectivity index (χ2n) is 5.44. The molecule has 0 bridgehead atoms. The van der Waals surface area contributed by atoms with Gasteiger partial charge in [0.05, 0.1) is 12.3 Å². The molecule has 0 saturated heterocycles. The molecule has 2 aromatic rings. The fourth-order valence-electron chi connectivity index (χ4n) is 2.85. The van der Waals surface area contributed by atoms with Gasteiger partial charge in [-0.05, 0) is 43.0 Å². The molecule has 0 radical (unpaired) electrons. The van der Waals surface area contributed by atoms with Crippen LogP contribution in [0.3, 0.4) is 0 Å². The molecule has 4 heteroatoms. The maximum atomic E-state index is 12.1. The first-order valence-electron chi connectivity index (χ1n) is 7.32. The summed E-state index contributed by atoms with van der Waals surface area (Å²) in [5.74, 6) is 1.13. The normalized spacial score (nSPS) is 17.3. The Balaban J connectivity index is 1.56. The van der Waals surface area contributed by atoms with Crippen molar-refractivity contribution in [1.82, 2.24) is 5.32 Å². The lowest BCUT2D eigenvalue weighted by Crippen LogP contribution is -2.30. The molecule has 1 heterocycles. The van der Waals surface area contributed by atoms with E-state index in [1.54, 1.807) is 6.26 Å². The van der Waals surface area contributed by atoms with Crippen molar-refractivity contribution in [3.63, 3.8) is 0 Å². The average molecular weight is 348 g/mol. The molecule has 1 aliphatic carbocycles. The zero-order chi connectivity index (χ0) is 14.7. The van der Waals surface area contributed by atoms with E-state index in [0.717, 1.165) is 41.5 Å². The first-order valence-corrected chi connectivity index (χ1v) is 8.12. The summed E-state index contributed by atoms with van der Waals surface area (Å²) in [6, 6.07) is 10.2. The van der Waals surface area contributed by atoms with Crippen LogP contribution in [-0.2, 0) is 17.6 Å². The lowest BCUT2D eigenvalue weighted by Gasteiger charge is -2.22. The van der Waals surface area contributed by atoms with Gasteiger partial charge < -0.3 is 9.73 Å². The number of hydrogen-bond acceptors (Lipinski definition) is 2. The number of carbonyl (C=O) groups excluding carboxylic acids is 1. The number of furan rings is 1. The number of fused-ring (bicyclic) bond motifs is 1. The summed E-state index contributed by atoms with van der Waals surface area (Å²) in [5.41, 5.74) is 2.32. The van der Waals surface area contributed by atoms with E-state index in [1.165, 1.54) is 5.56 Å². The first kappa shape index (κ1) is 14.4. The first-order chi connectivity index (χ1) is 10.2. The summed E-state index contributed by atoms with van der Waals surface area (Å²) >= 11 is 3.45. The van der Waals surface area contributed by atoms with Gasteiger partial charge in [-0.25, -0.2) is 0 Å². The number of nitrogens with one attached hydrogen (secondary N) is 1. The SMILES string of the molecule is O=C(CCc1cccc(Br)c1)NC1CCCc2occc21. The number of amides is 1. The minimum absolute atomic E-state index is 0.106. The molecule has 0 fully saturated rings. The monoisotopic (exact) mass is 347 g/mol. The van der Waals surface area contributed by atoms with Gasteiger partial charge in [0.15, 0.2) is 0 Å². The van der Waals surface area contributed by atoms with Gasteiger partial charge in [-0.15, -0.1) is 0 Å². The minimum atomic E-state index is 0.106. The van der Waals surface area contributed by atoms with Crippen LogP contribution in [0.2, 0.25) is 0 Å². The average Bonchev–Trinajstić information content (AvgIpc) is 2.95. The Hall–Kier alpha value is -1.55. The molecule has 1 aromatic heterocycles. The van der Waals surface area contributed by atoms with E-state index in [2.05, 4.69) is 27.3 Å². The highest BCUT2D eigenvalue weighted by Gasteiger charge is 2.23. The Labute approximate surface area is 132 Å². The van der Waals surface area contributed by atoms with Crippen molar-refractivity contribution < 1.29 is 9.21 Å². The minimum Gasteiger partial charge on any atom is -0.469 e. The van der Waals surface area contributed by atoms with Crippen molar-refractivity contribution in [3.8, 4) is 0 Å². The van der Waals surface area contributed by atoms with Crippen LogP contribution in [0, 0.1) is 0 Å². The third-order valence-electron chi connectivity index (χ3n) is 3.92. The van der Waals surface area contributed by atoms with Gasteiger partial charge in [0, 0.05) is 22.9 Å². The van der Waals surface area contributed by atoms with E-state index < -0.39 is 0 Å². The van der Waals surface area contributed by atoms with Gasteiger partial charge in [-0.3, -0.25) is 4.79 Å². The van der Waals surface area contributed by atoms with Crippen LogP contribution in [0.25, 0.3) is 0 Å². The topological polar surface area (TPSA) is 42.2 Å². The maximum absolute atomic E-state index is 12.1. The van der Waals surface area contributed by atoms with Crippen molar-refractivity contribution in [2.45, 2.75) is 38.1 Å². The fraction of sp³-hybridized carbons (Fsp3) is 0.353. The molecular weight excluding hydrogens is 330 g/mol. The third-order valence-corrected chi connectivity index (χ3v) is 4.41. The quantitative estimate of drug-likeness (QED) is 0.901. The van der Waals surface area contributed by atoms with Crippen LogP contribution in [0.5, 0.6) is 0 Å². The van der Waals surface area contributed by atoms with Crippen molar-refractivity contribution in [3.05, 3.63) is 58.0 Å². The second-order valence-corrected chi connectivity index (χ2v) is 6.36. The van der Waals surface area contributed by atoms with E-state index in [0.29, 0.717) is 6.42 Å². The van der Waals surface area contributed by atoms with E-state index in [9.17, 15) is 4.79 Å². The highest BCUT2D eigenvalue weighted by molar-refractivity contribution is 9.10. The Morgan fingerprint density at radius 2 is 2.29 bits per heavy atom. The van der Waals surface area contributed by atoms with Gasteiger partial charge >= 0.3 is 0 Å². The molecule has 21 heavy (non-hydrogen) atoms. The molecule has 1 amide bonds. The number of carbonyl (C=O) groups is 1. The smallest absolute Gasteiger partial charge is 0.220 e. The second kappa shape index (κ2) is 6.48. The molecule has 110 valence electrons. The largest absolute Gasteiger partial charge is 0.469 e. The zero-order valence-corrected chi connectivity index (χ0v) is 13.4. The van der Waals surface area contributed by atoms with Crippen LogP contribution < -0.4 is 5.32 Å². The molecule has 3 nitrogen and oxygen atoms in total. The van der Waals surface area contributed by atoms with Gasteiger partial charge in [-0.2, -0.15) is 0 Å². The van der Waals surface area contributed by atoms with E-state index in [1.807, 2.05) is 24.3 Å². The Bertz CT molecular complexity index is 635. The number of halogens is 1. The number of aryl methyl sites for hydroxylation is 2. The van der Waals surface area contributed by atoms with Crippen molar-refractivity contribution in [2.75, 3.05) is 0 Å². The number of hydrogen-bond donors (Lipinski definition) is 1. The molecule has 0 spiro atoms. The molecule has 0 aliphatic heterocycles. The Morgan fingerprint density at radius 3 is 3.14 bits per heavy atom. The molecule has 3 rings (SSSR count). The Morgan fingerprint density at radius 1 is 1.38 bits per heavy atom. The fourth-order valence-corrected chi connectivity index (χ4v) is 3.30. The maximum Gasteiger partial charge on any atom is 0.220 e. The molecular formula is C17H18BrNO2. The lowest BCUT2D eigenvalue weighted by molar-refractivity contribution is -0.121. The summed E-state index contributed by atoms with van der Waals surface area (Å²) in [6.45, 7) is 0. The summed E-state index contributed by atoms with van der Waals surface area (Å²) in [7, 11) is 0. The van der Waals surface area contributed by atoms with E-state index in [-0.39, 0.29) is 11.9 Å². The van der Waals surface area contributed by atoms with Gasteiger partial charge in [0.25, 0.3) is 0 Å². The summed E-state index contributed by atoms with van der Waals surface area (Å²) in [5, 5.41) is 3.14. The zero-order valence-electron chi connectivity index (χ0n) is 11.8. The summed E-state index contributed by atoms with van der Waals surface area (Å²) in [6.07, 6.45) is 6.03. The van der Waals surface area contributed by atoms with Crippen molar-refractivity contribution in [1.29, 1.82) is 0 Å². The van der Waals surface area contributed by atoms with Crippen LogP contribution in [0.1, 0.15) is 42.2 Å². The van der Waals surface area contributed by atoms with Crippen LogP contribution in [0.4, 0.5) is 0 Å². The van der Waals surface area contributed by atoms with Crippen LogP contribution in [-0.4, -0.2) is 5.91 Å². The highest BCUT2D eigenvalue weighted by atomic mass is 79.9. The molecule has 0 saturated carbocycles. The summed E-state index contributed by atoms with van der Waals surface area (Å²) in [4.78, 5) is 12.1. The molecule has 1 aromatic carbocycles. The summed E-state index contributed by atoms with van der Waals surface area (Å²) < 4.78 is 6.51. The van der Waals surface area contributed by atoms with E-state index >= 15 is 0 Å². The van der Waals surface area contributed by atoms with E-state index in [4.69, 9.17) is 4.42 Å². The van der Waals surface area contributed by atoms with Crippen molar-refractivity contribution >= 4 is 21.8 Å².